The monoisotopic (exact) mass is 506 g/mol. The minimum atomic E-state index is -5.36. The summed E-state index contributed by atoms with van der Waals surface area (Å²) in [4.78, 5) is 22.9. The van der Waals surface area contributed by atoms with Crippen molar-refractivity contribution in [1.82, 2.24) is 14.7 Å². The molecule has 1 heterocycles. The largest absolute Gasteiger partial charge is 0.372 e. The third-order valence-electron chi connectivity index (χ3n) is 4.63. The molecule has 1 N–H and O–H groups in total. The number of carbonyl (C=O) groups excluding carboxylic acids is 1. The van der Waals surface area contributed by atoms with Crippen molar-refractivity contribution in [2.45, 2.75) is 32.7 Å². The van der Waals surface area contributed by atoms with E-state index < -0.39 is 54.0 Å². The van der Waals surface area contributed by atoms with Crippen molar-refractivity contribution in [2.75, 3.05) is 30.7 Å². The molecule has 0 saturated heterocycles. The van der Waals surface area contributed by atoms with Crippen LogP contribution in [0.2, 0.25) is 0 Å². The minimum absolute atomic E-state index is 0.162. The Morgan fingerprint density at radius 3 is 2.34 bits per heavy atom. The highest BCUT2D eigenvalue weighted by Crippen LogP contribution is 2.30. The van der Waals surface area contributed by atoms with Crippen LogP contribution < -0.4 is 9.62 Å². The lowest BCUT2D eigenvalue weighted by Crippen LogP contribution is -2.33. The molecular weight excluding hydrogens is 464 g/mol. The van der Waals surface area contributed by atoms with Gasteiger partial charge in [-0.2, -0.15) is 0 Å². The van der Waals surface area contributed by atoms with E-state index in [1.165, 1.54) is 24.9 Å². The summed E-state index contributed by atoms with van der Waals surface area (Å²) >= 11 is 0. The number of ether oxygens (including phenoxy) is 1. The second-order valence-corrected chi connectivity index (χ2v) is 8.63. The van der Waals surface area contributed by atoms with Crippen LogP contribution in [-0.4, -0.2) is 56.2 Å². The Morgan fingerprint density at radius 1 is 1.11 bits per heavy atom. The van der Waals surface area contributed by atoms with Crippen molar-refractivity contribution in [3.63, 3.8) is 0 Å². The van der Waals surface area contributed by atoms with Crippen LogP contribution in [0.4, 0.5) is 5.82 Å². The molecule has 1 aromatic heterocycles. The molecule has 0 bridgehead atoms. The fraction of sp³-hybridized carbons (Fsp3) is 0.346. The summed E-state index contributed by atoms with van der Waals surface area (Å²) in [6.07, 6.45) is -6.09. The molecule has 0 aliphatic rings. The summed E-state index contributed by atoms with van der Waals surface area (Å²) in [6, 6.07) is 16.9. The van der Waals surface area contributed by atoms with Crippen LogP contribution in [0.1, 0.15) is 40.3 Å². The number of benzene rings is 2. The first-order valence-electron chi connectivity index (χ1n) is 15.5. The molecule has 0 unspecified atom stereocenters. The van der Waals surface area contributed by atoms with Gasteiger partial charge in [0.2, 0.25) is 10.0 Å². The van der Waals surface area contributed by atoms with Crippen molar-refractivity contribution < 1.29 is 31.7 Å². The van der Waals surface area contributed by atoms with E-state index in [2.05, 4.69) is 9.72 Å². The zero-order valence-electron chi connectivity index (χ0n) is 29.1. The highest BCUT2D eigenvalue weighted by molar-refractivity contribution is 7.89. The Bertz CT molecular complexity index is 1600. The van der Waals surface area contributed by atoms with Gasteiger partial charge in [-0.1, -0.05) is 60.7 Å². The molecule has 3 rings (SSSR count). The van der Waals surface area contributed by atoms with E-state index in [1.54, 1.807) is 0 Å². The molecular formula is C26H32N4O4S. The van der Waals surface area contributed by atoms with E-state index in [-0.39, 0.29) is 12.4 Å². The number of anilines is 1. The van der Waals surface area contributed by atoms with Gasteiger partial charge in [0.25, 0.3) is 5.91 Å². The van der Waals surface area contributed by atoms with Crippen LogP contribution >= 0.6 is 0 Å². The van der Waals surface area contributed by atoms with Gasteiger partial charge in [-0.25, -0.2) is 13.4 Å². The second-order valence-electron chi connectivity index (χ2n) is 7.42. The van der Waals surface area contributed by atoms with Crippen LogP contribution in [-0.2, 0) is 19.6 Å². The van der Waals surface area contributed by atoms with E-state index in [0.717, 1.165) is 15.8 Å². The molecule has 0 aliphatic carbocycles. The SMILES string of the molecule is [2H]C([2H])(OC([2H])([2H])C([2H])([2H])CCN(c1cnc(-c2ccccc2)c(-c2ccccc2)n1)C([2H])(C)C)C(=O)NS(=O)(=O)C([2H])([2H])[2H]. The van der Waals surface area contributed by atoms with Gasteiger partial charge >= 0.3 is 0 Å². The first-order valence-corrected chi connectivity index (χ1v) is 12.0. The van der Waals surface area contributed by atoms with Gasteiger partial charge in [0.15, 0.2) is 0 Å². The van der Waals surface area contributed by atoms with Crippen LogP contribution in [0.25, 0.3) is 22.5 Å². The smallest absolute Gasteiger partial charge is 0.259 e. The van der Waals surface area contributed by atoms with Gasteiger partial charge in [-0.3, -0.25) is 14.5 Å². The predicted octanol–water partition coefficient (Wildman–Crippen LogP) is 3.90. The molecule has 35 heavy (non-hydrogen) atoms. The zero-order chi connectivity index (χ0) is 34.1. The van der Waals surface area contributed by atoms with Crippen molar-refractivity contribution in [1.29, 1.82) is 0 Å². The second kappa shape index (κ2) is 12.4. The first kappa shape index (κ1) is 15.6. The lowest BCUT2D eigenvalue weighted by Gasteiger charge is -2.28. The van der Waals surface area contributed by atoms with Crippen LogP contribution in [0, 0.1) is 0 Å². The molecule has 0 fully saturated rings. The third-order valence-corrected chi connectivity index (χ3v) is 5.08. The van der Waals surface area contributed by atoms with E-state index >= 15 is 0 Å². The number of hydrogen-bond donors (Lipinski definition) is 1. The number of sulfonamides is 1. The molecule has 0 saturated carbocycles. The third kappa shape index (κ3) is 8.15. The van der Waals surface area contributed by atoms with Crippen molar-refractivity contribution >= 4 is 21.7 Å². The first-order chi connectivity index (χ1) is 20.5. The predicted molar refractivity (Wildman–Crippen MR) is 138 cm³/mol. The van der Waals surface area contributed by atoms with Crippen LogP contribution in [0.15, 0.2) is 66.9 Å². The lowest BCUT2D eigenvalue weighted by molar-refractivity contribution is -0.123. The van der Waals surface area contributed by atoms with E-state index in [1.807, 2.05) is 60.7 Å². The van der Waals surface area contributed by atoms with Gasteiger partial charge in [0.05, 0.1) is 30.6 Å². The van der Waals surface area contributed by atoms with Crippen molar-refractivity contribution in [3.05, 3.63) is 66.9 Å². The minimum Gasteiger partial charge on any atom is -0.372 e. The van der Waals surface area contributed by atoms with E-state index in [9.17, 15) is 13.2 Å². The molecule has 0 radical (unpaired) electrons. The van der Waals surface area contributed by atoms with E-state index in [4.69, 9.17) is 18.7 Å². The van der Waals surface area contributed by atoms with Crippen LogP contribution in [0.3, 0.4) is 0 Å². The molecule has 0 atom stereocenters. The summed E-state index contributed by atoms with van der Waals surface area (Å²) in [5.74, 6) is -2.00. The van der Waals surface area contributed by atoms with Crippen LogP contribution in [0.5, 0.6) is 0 Å². The normalized spacial score (nSPS) is 17.5. The molecule has 0 spiro atoms. The van der Waals surface area contributed by atoms with Gasteiger partial charge in [0, 0.05) is 37.1 Å². The summed E-state index contributed by atoms with van der Waals surface area (Å²) in [7, 11) is -5.36. The number of amides is 1. The van der Waals surface area contributed by atoms with Gasteiger partial charge in [-0.15, -0.1) is 0 Å². The maximum absolute atomic E-state index is 12.2. The van der Waals surface area contributed by atoms with Gasteiger partial charge < -0.3 is 9.64 Å². The van der Waals surface area contributed by atoms with Crippen molar-refractivity contribution in [3.8, 4) is 22.5 Å². The Morgan fingerprint density at radius 2 is 1.74 bits per heavy atom. The maximum atomic E-state index is 12.2. The Kier molecular flexibility index (Phi) is 5.55. The quantitative estimate of drug-likeness (QED) is 0.397. The molecule has 9 heteroatoms. The fourth-order valence-electron chi connectivity index (χ4n) is 3.15. The van der Waals surface area contributed by atoms with Gasteiger partial charge in [0.1, 0.15) is 12.4 Å². The number of aromatic nitrogens is 2. The standard InChI is InChI=1S/C26H32N4O4S/c1-20(2)30(16-10-11-17-34-19-24(31)29-35(3,32)33)23-18-27-25(21-12-6-4-7-13-21)26(28-23)22-14-8-5-9-15-22/h4-9,12-15,18,20H,10-11,16-17,19H2,1-3H3,(H,29,31)/i3D3,11D2,17D2,19D2,20D. The summed E-state index contributed by atoms with van der Waals surface area (Å²) < 4.78 is 107. The Balaban J connectivity index is 1.91. The fourth-order valence-corrected chi connectivity index (χ4v) is 3.44. The Hall–Kier alpha value is -3.30. The summed E-state index contributed by atoms with van der Waals surface area (Å²) in [5, 5.41) is 0. The number of nitrogens with zero attached hydrogens (tertiary/aromatic N) is 3. The highest BCUT2D eigenvalue weighted by Gasteiger charge is 2.17. The lowest BCUT2D eigenvalue weighted by atomic mass is 10.0. The number of carbonyl (C=O) groups is 1. The average molecular weight is 507 g/mol. The Labute approximate surface area is 221 Å². The summed E-state index contributed by atoms with van der Waals surface area (Å²) in [5.41, 5.74) is 2.52. The zero-order valence-corrected chi connectivity index (χ0v) is 20.0. The molecule has 1 amide bonds. The molecule has 186 valence electrons. The summed E-state index contributed by atoms with van der Waals surface area (Å²) in [6.45, 7) is -4.71. The molecule has 2 aromatic carbocycles. The topological polar surface area (TPSA) is 101 Å². The number of nitrogens with one attached hydrogen (secondary N) is 1. The average Bonchev–Trinajstić information content (AvgIpc) is 2.91. The number of hydrogen-bond acceptors (Lipinski definition) is 7. The maximum Gasteiger partial charge on any atom is 0.259 e. The molecule has 3 aromatic rings. The van der Waals surface area contributed by atoms with Crippen molar-refractivity contribution in [2.24, 2.45) is 0 Å². The van der Waals surface area contributed by atoms with E-state index in [0.29, 0.717) is 11.4 Å². The highest BCUT2D eigenvalue weighted by atomic mass is 32.2. The molecule has 0 aliphatic heterocycles. The molecule has 8 nitrogen and oxygen atoms in total. The van der Waals surface area contributed by atoms with Gasteiger partial charge in [-0.05, 0) is 26.6 Å². The number of rotatable bonds is 12.